The standard InChI is InChI=1S/C15H9ClF2N4/c1-8-4-2-6-10(17)12(8)14-19-21-15(22-20-14)13-9(16)5-3-7-11(13)18/h2-7H,1H3. The minimum atomic E-state index is -0.578. The summed E-state index contributed by atoms with van der Waals surface area (Å²) in [7, 11) is 0. The number of rotatable bonds is 2. The van der Waals surface area contributed by atoms with Crippen molar-refractivity contribution in [3.8, 4) is 22.8 Å². The van der Waals surface area contributed by atoms with E-state index in [1.807, 2.05) is 0 Å². The van der Waals surface area contributed by atoms with Gasteiger partial charge in [-0.3, -0.25) is 0 Å². The van der Waals surface area contributed by atoms with Crippen molar-refractivity contribution in [3.05, 3.63) is 58.6 Å². The predicted octanol–water partition coefficient (Wildman–Crippen LogP) is 3.84. The highest BCUT2D eigenvalue weighted by molar-refractivity contribution is 6.33. The average molecular weight is 319 g/mol. The Morgan fingerprint density at radius 1 is 0.773 bits per heavy atom. The van der Waals surface area contributed by atoms with Crippen LogP contribution >= 0.6 is 11.6 Å². The molecule has 2 aromatic carbocycles. The molecule has 0 aliphatic heterocycles. The Hall–Kier alpha value is -2.47. The van der Waals surface area contributed by atoms with Gasteiger partial charge >= 0.3 is 0 Å². The molecule has 0 fully saturated rings. The number of hydrogen-bond donors (Lipinski definition) is 0. The van der Waals surface area contributed by atoms with Gasteiger partial charge in [-0.05, 0) is 30.7 Å². The summed E-state index contributed by atoms with van der Waals surface area (Å²) in [5.41, 5.74) is 0.884. The lowest BCUT2D eigenvalue weighted by Crippen LogP contribution is -2.03. The first-order valence-corrected chi connectivity index (χ1v) is 6.73. The predicted molar refractivity (Wildman–Crippen MR) is 78.2 cm³/mol. The van der Waals surface area contributed by atoms with Crippen molar-refractivity contribution in [2.75, 3.05) is 0 Å². The molecule has 4 nitrogen and oxygen atoms in total. The summed E-state index contributed by atoms with van der Waals surface area (Å²) in [5, 5.41) is 15.5. The molecule has 3 rings (SSSR count). The minimum Gasteiger partial charge on any atom is -0.206 e. The Labute approximate surface area is 129 Å². The van der Waals surface area contributed by atoms with Gasteiger partial charge in [0.05, 0.1) is 16.1 Å². The van der Waals surface area contributed by atoms with E-state index in [9.17, 15) is 8.78 Å². The summed E-state index contributed by atoms with van der Waals surface area (Å²) in [6, 6.07) is 8.83. The number of halogens is 3. The molecule has 0 saturated heterocycles. The lowest BCUT2D eigenvalue weighted by molar-refractivity contribution is 0.624. The first kappa shape index (κ1) is 14.5. The average Bonchev–Trinajstić information content (AvgIpc) is 2.48. The van der Waals surface area contributed by atoms with Gasteiger partial charge in [0.25, 0.3) is 0 Å². The quantitative estimate of drug-likeness (QED) is 0.720. The Balaban J connectivity index is 2.08. The molecule has 1 heterocycles. The van der Waals surface area contributed by atoms with Gasteiger partial charge in [0.1, 0.15) is 11.6 Å². The lowest BCUT2D eigenvalue weighted by Gasteiger charge is -2.06. The Bertz CT molecular complexity index is 726. The fourth-order valence-electron chi connectivity index (χ4n) is 2.06. The number of aryl methyl sites for hydroxylation is 1. The molecule has 110 valence electrons. The molecule has 0 saturated carbocycles. The molecule has 0 atom stereocenters. The van der Waals surface area contributed by atoms with Gasteiger partial charge in [-0.2, -0.15) is 0 Å². The third kappa shape index (κ3) is 2.53. The molecule has 0 unspecified atom stereocenters. The molecule has 7 heteroatoms. The summed E-state index contributed by atoms with van der Waals surface area (Å²) in [4.78, 5) is 0. The maximum atomic E-state index is 13.9. The monoisotopic (exact) mass is 318 g/mol. The maximum absolute atomic E-state index is 13.9. The van der Waals surface area contributed by atoms with Crippen molar-refractivity contribution in [3.63, 3.8) is 0 Å². The summed E-state index contributed by atoms with van der Waals surface area (Å²) < 4.78 is 27.7. The fourth-order valence-corrected chi connectivity index (χ4v) is 2.30. The van der Waals surface area contributed by atoms with E-state index in [0.717, 1.165) is 0 Å². The maximum Gasteiger partial charge on any atom is 0.208 e. The second kappa shape index (κ2) is 5.73. The summed E-state index contributed by atoms with van der Waals surface area (Å²) in [6.45, 7) is 1.73. The molecule has 22 heavy (non-hydrogen) atoms. The van der Waals surface area contributed by atoms with Crippen LogP contribution in [0.2, 0.25) is 5.02 Å². The molecule has 0 aliphatic rings. The lowest BCUT2D eigenvalue weighted by atomic mass is 10.1. The van der Waals surface area contributed by atoms with E-state index in [0.29, 0.717) is 5.56 Å². The zero-order valence-corrected chi connectivity index (χ0v) is 12.1. The summed E-state index contributed by atoms with van der Waals surface area (Å²) >= 11 is 5.94. The first-order chi connectivity index (χ1) is 10.6. The first-order valence-electron chi connectivity index (χ1n) is 6.35. The van der Waals surface area contributed by atoms with E-state index in [-0.39, 0.29) is 27.8 Å². The molecule has 0 bridgehead atoms. The smallest absolute Gasteiger partial charge is 0.206 e. The van der Waals surface area contributed by atoms with Crippen molar-refractivity contribution in [1.29, 1.82) is 0 Å². The van der Waals surface area contributed by atoms with Crippen LogP contribution in [0.3, 0.4) is 0 Å². The number of hydrogen-bond acceptors (Lipinski definition) is 4. The number of aromatic nitrogens is 4. The highest BCUT2D eigenvalue weighted by atomic mass is 35.5. The van der Waals surface area contributed by atoms with Crippen LogP contribution in [-0.4, -0.2) is 20.4 Å². The zero-order chi connectivity index (χ0) is 15.7. The molecule has 3 aromatic rings. The number of nitrogens with zero attached hydrogens (tertiary/aromatic N) is 4. The van der Waals surface area contributed by atoms with Gasteiger partial charge in [0.15, 0.2) is 0 Å². The second-order valence-corrected chi connectivity index (χ2v) is 4.98. The van der Waals surface area contributed by atoms with Gasteiger partial charge in [-0.1, -0.05) is 29.8 Å². The molecule has 0 radical (unpaired) electrons. The Morgan fingerprint density at radius 2 is 1.27 bits per heavy atom. The van der Waals surface area contributed by atoms with Crippen molar-refractivity contribution in [2.45, 2.75) is 6.92 Å². The Morgan fingerprint density at radius 3 is 1.82 bits per heavy atom. The van der Waals surface area contributed by atoms with Gasteiger partial charge in [-0.15, -0.1) is 20.4 Å². The van der Waals surface area contributed by atoms with Crippen LogP contribution in [0.1, 0.15) is 5.56 Å². The summed E-state index contributed by atoms with van der Waals surface area (Å²) in [5.74, 6) is -1.07. The zero-order valence-electron chi connectivity index (χ0n) is 11.4. The third-order valence-electron chi connectivity index (χ3n) is 3.11. The van der Waals surface area contributed by atoms with Crippen molar-refractivity contribution >= 4 is 11.6 Å². The second-order valence-electron chi connectivity index (χ2n) is 4.58. The van der Waals surface area contributed by atoms with Crippen LogP contribution in [-0.2, 0) is 0 Å². The van der Waals surface area contributed by atoms with E-state index < -0.39 is 11.6 Å². The molecule has 0 amide bonds. The topological polar surface area (TPSA) is 51.6 Å². The highest BCUT2D eigenvalue weighted by Crippen LogP contribution is 2.28. The van der Waals surface area contributed by atoms with Crippen molar-refractivity contribution < 1.29 is 8.78 Å². The largest absolute Gasteiger partial charge is 0.208 e. The van der Waals surface area contributed by atoms with E-state index in [1.54, 1.807) is 19.1 Å². The van der Waals surface area contributed by atoms with Crippen molar-refractivity contribution in [1.82, 2.24) is 20.4 Å². The number of benzene rings is 2. The van der Waals surface area contributed by atoms with Gasteiger partial charge in [0, 0.05) is 0 Å². The highest BCUT2D eigenvalue weighted by Gasteiger charge is 2.16. The van der Waals surface area contributed by atoms with Gasteiger partial charge < -0.3 is 0 Å². The summed E-state index contributed by atoms with van der Waals surface area (Å²) in [6.07, 6.45) is 0. The van der Waals surface area contributed by atoms with Crippen molar-refractivity contribution in [2.24, 2.45) is 0 Å². The van der Waals surface area contributed by atoms with Crippen LogP contribution in [0, 0.1) is 18.6 Å². The van der Waals surface area contributed by atoms with Crippen LogP contribution in [0.15, 0.2) is 36.4 Å². The van der Waals surface area contributed by atoms with E-state index in [1.165, 1.54) is 24.3 Å². The van der Waals surface area contributed by atoms with E-state index in [2.05, 4.69) is 20.4 Å². The minimum absolute atomic E-state index is 0.0148. The normalized spacial score (nSPS) is 10.7. The van der Waals surface area contributed by atoms with E-state index >= 15 is 0 Å². The van der Waals surface area contributed by atoms with Gasteiger partial charge in [0.2, 0.25) is 11.6 Å². The third-order valence-corrected chi connectivity index (χ3v) is 3.43. The molecule has 0 N–H and O–H groups in total. The van der Waals surface area contributed by atoms with Crippen LogP contribution < -0.4 is 0 Å². The van der Waals surface area contributed by atoms with Crippen LogP contribution in [0.25, 0.3) is 22.8 Å². The molecule has 0 spiro atoms. The Kier molecular flexibility index (Phi) is 3.77. The van der Waals surface area contributed by atoms with Gasteiger partial charge in [-0.25, -0.2) is 8.78 Å². The molecular weight excluding hydrogens is 310 g/mol. The van der Waals surface area contributed by atoms with Crippen LogP contribution in [0.5, 0.6) is 0 Å². The van der Waals surface area contributed by atoms with E-state index in [4.69, 9.17) is 11.6 Å². The SMILES string of the molecule is Cc1cccc(F)c1-c1nnc(-c2c(F)cccc2Cl)nn1. The molecule has 1 aromatic heterocycles. The van der Waals surface area contributed by atoms with Crippen LogP contribution in [0.4, 0.5) is 8.78 Å². The molecular formula is C15H9ClF2N4. The molecule has 0 aliphatic carbocycles. The fraction of sp³-hybridized carbons (Fsp3) is 0.0667.